The summed E-state index contributed by atoms with van der Waals surface area (Å²) in [6.45, 7) is 7.18. The third kappa shape index (κ3) is 2.60. The highest BCUT2D eigenvalue weighted by atomic mass is 16.1. The molecule has 1 aromatic rings. The van der Waals surface area contributed by atoms with E-state index >= 15 is 0 Å². The van der Waals surface area contributed by atoms with Gasteiger partial charge < -0.3 is 5.73 Å². The van der Waals surface area contributed by atoms with Crippen LogP contribution in [0.2, 0.25) is 0 Å². The molecule has 0 aliphatic heterocycles. The van der Waals surface area contributed by atoms with Gasteiger partial charge in [-0.3, -0.25) is 4.79 Å². The summed E-state index contributed by atoms with van der Waals surface area (Å²) in [5.41, 5.74) is 5.97. The minimum atomic E-state index is -0.583. The predicted octanol–water partition coefficient (Wildman–Crippen LogP) is 1.33. The summed E-state index contributed by atoms with van der Waals surface area (Å²) in [6.07, 6.45) is 6.36. The van der Waals surface area contributed by atoms with E-state index in [1.165, 1.54) is 12.3 Å². The molecule has 1 amide bonds. The Morgan fingerprint density at radius 2 is 2.20 bits per heavy atom. The van der Waals surface area contributed by atoms with E-state index in [-0.39, 0.29) is 5.69 Å². The van der Waals surface area contributed by atoms with Crippen molar-refractivity contribution in [2.45, 2.75) is 0 Å². The van der Waals surface area contributed by atoms with Crippen molar-refractivity contribution in [3.8, 4) is 0 Å². The zero-order valence-electron chi connectivity index (χ0n) is 8.18. The topological polar surface area (TPSA) is 68.9 Å². The highest BCUT2D eigenvalue weighted by molar-refractivity contribution is 5.91. The van der Waals surface area contributed by atoms with Crippen molar-refractivity contribution >= 4 is 11.5 Å². The fourth-order valence-corrected chi connectivity index (χ4v) is 0.996. The molecule has 0 bridgehead atoms. The van der Waals surface area contributed by atoms with Gasteiger partial charge in [0.2, 0.25) is 0 Å². The average molecular weight is 201 g/mol. The molecule has 0 aromatic carbocycles. The standard InChI is InChI=1S/C11H11N3O/c1-3-5-8(4-2)11-13-7-6-9(14-11)10(12)15/h3-7H,1-2H2,(H2,12,15). The molecule has 0 unspecified atom stereocenters. The molecule has 0 aliphatic rings. The second kappa shape index (κ2) is 4.85. The van der Waals surface area contributed by atoms with E-state index in [4.69, 9.17) is 5.73 Å². The van der Waals surface area contributed by atoms with Gasteiger partial charge in [0, 0.05) is 11.8 Å². The third-order valence-electron chi connectivity index (χ3n) is 1.68. The molecule has 0 spiro atoms. The van der Waals surface area contributed by atoms with Gasteiger partial charge in [-0.2, -0.15) is 0 Å². The number of hydrogen-bond acceptors (Lipinski definition) is 3. The zero-order valence-corrected chi connectivity index (χ0v) is 8.18. The minimum absolute atomic E-state index is 0.178. The van der Waals surface area contributed by atoms with Gasteiger partial charge >= 0.3 is 0 Å². The number of carbonyl (C=O) groups is 1. The summed E-state index contributed by atoms with van der Waals surface area (Å²) in [6, 6.07) is 1.46. The molecule has 0 radical (unpaired) electrons. The fourth-order valence-electron chi connectivity index (χ4n) is 0.996. The molecule has 0 saturated heterocycles. The van der Waals surface area contributed by atoms with E-state index < -0.39 is 5.91 Å². The molecular formula is C11H11N3O. The smallest absolute Gasteiger partial charge is 0.267 e. The van der Waals surface area contributed by atoms with Gasteiger partial charge in [0.1, 0.15) is 5.69 Å². The summed E-state index contributed by atoms with van der Waals surface area (Å²) in [4.78, 5) is 18.9. The van der Waals surface area contributed by atoms with Crippen molar-refractivity contribution in [1.82, 2.24) is 9.97 Å². The Bertz CT molecular complexity index is 435. The SMILES string of the molecule is C=CC=C(C=C)c1nccc(C(N)=O)n1. The van der Waals surface area contributed by atoms with Crippen LogP contribution in [-0.4, -0.2) is 15.9 Å². The maximum absolute atomic E-state index is 10.9. The van der Waals surface area contributed by atoms with Crippen LogP contribution in [0.1, 0.15) is 16.3 Å². The molecule has 0 fully saturated rings. The first-order valence-electron chi connectivity index (χ1n) is 4.27. The van der Waals surface area contributed by atoms with E-state index in [1.54, 1.807) is 18.2 Å². The van der Waals surface area contributed by atoms with E-state index in [0.717, 1.165) is 0 Å². The highest BCUT2D eigenvalue weighted by Crippen LogP contribution is 2.10. The maximum atomic E-state index is 10.9. The molecule has 4 nitrogen and oxygen atoms in total. The molecule has 2 N–H and O–H groups in total. The number of nitrogens with zero attached hydrogens (tertiary/aromatic N) is 2. The number of allylic oxidation sites excluding steroid dienone is 4. The van der Waals surface area contributed by atoms with E-state index in [0.29, 0.717) is 11.4 Å². The minimum Gasteiger partial charge on any atom is -0.364 e. The van der Waals surface area contributed by atoms with Crippen LogP contribution in [0, 0.1) is 0 Å². The molecule has 0 atom stereocenters. The number of aromatic nitrogens is 2. The van der Waals surface area contributed by atoms with Crippen molar-refractivity contribution < 1.29 is 4.79 Å². The first kappa shape index (κ1) is 10.8. The Morgan fingerprint density at radius 3 is 2.73 bits per heavy atom. The predicted molar refractivity (Wildman–Crippen MR) is 58.9 cm³/mol. The second-order valence-corrected chi connectivity index (χ2v) is 2.69. The van der Waals surface area contributed by atoms with Crippen LogP contribution < -0.4 is 5.73 Å². The van der Waals surface area contributed by atoms with Crippen molar-refractivity contribution in [3.63, 3.8) is 0 Å². The Morgan fingerprint density at radius 1 is 1.47 bits per heavy atom. The number of amides is 1. The molecule has 76 valence electrons. The van der Waals surface area contributed by atoms with Gasteiger partial charge in [0.25, 0.3) is 5.91 Å². The van der Waals surface area contributed by atoms with Crippen LogP contribution in [-0.2, 0) is 0 Å². The lowest BCUT2D eigenvalue weighted by Gasteiger charge is -2.00. The van der Waals surface area contributed by atoms with Gasteiger partial charge in [-0.1, -0.05) is 31.4 Å². The first-order valence-corrected chi connectivity index (χ1v) is 4.27. The summed E-state index contributed by atoms with van der Waals surface area (Å²) in [5, 5.41) is 0. The molecular weight excluding hydrogens is 190 g/mol. The molecule has 0 aliphatic carbocycles. The lowest BCUT2D eigenvalue weighted by molar-refractivity contribution is 0.0995. The third-order valence-corrected chi connectivity index (χ3v) is 1.68. The van der Waals surface area contributed by atoms with E-state index in [9.17, 15) is 4.79 Å². The molecule has 4 heteroatoms. The highest BCUT2D eigenvalue weighted by Gasteiger charge is 2.05. The van der Waals surface area contributed by atoms with Crippen LogP contribution in [0.3, 0.4) is 0 Å². The Balaban J connectivity index is 3.19. The van der Waals surface area contributed by atoms with Crippen molar-refractivity contribution in [3.05, 3.63) is 55.2 Å². The summed E-state index contributed by atoms with van der Waals surface area (Å²) >= 11 is 0. The monoisotopic (exact) mass is 201 g/mol. The van der Waals surface area contributed by atoms with Gasteiger partial charge in [-0.15, -0.1) is 0 Å². The Labute approximate surface area is 87.9 Å². The average Bonchev–Trinajstić information content (AvgIpc) is 2.26. The van der Waals surface area contributed by atoms with Crippen LogP contribution in [0.15, 0.2) is 43.6 Å². The number of hydrogen-bond donors (Lipinski definition) is 1. The van der Waals surface area contributed by atoms with E-state index in [2.05, 4.69) is 23.1 Å². The fraction of sp³-hybridized carbons (Fsp3) is 0. The number of primary amides is 1. The first-order chi connectivity index (χ1) is 7.19. The molecule has 0 saturated carbocycles. The molecule has 1 rings (SSSR count). The van der Waals surface area contributed by atoms with E-state index in [1.807, 2.05) is 0 Å². The molecule has 1 aromatic heterocycles. The lowest BCUT2D eigenvalue weighted by Crippen LogP contribution is -2.14. The number of nitrogens with two attached hydrogens (primary N) is 1. The summed E-state index contributed by atoms with van der Waals surface area (Å²) in [5.74, 6) is -0.179. The largest absolute Gasteiger partial charge is 0.364 e. The second-order valence-electron chi connectivity index (χ2n) is 2.69. The molecule has 15 heavy (non-hydrogen) atoms. The van der Waals surface area contributed by atoms with Crippen molar-refractivity contribution in [1.29, 1.82) is 0 Å². The van der Waals surface area contributed by atoms with Gasteiger partial charge in [-0.25, -0.2) is 9.97 Å². The normalized spacial score (nSPS) is 10.8. The van der Waals surface area contributed by atoms with Gasteiger partial charge in [0.15, 0.2) is 5.82 Å². The molecule has 1 heterocycles. The van der Waals surface area contributed by atoms with Gasteiger partial charge in [-0.05, 0) is 6.07 Å². The van der Waals surface area contributed by atoms with Crippen molar-refractivity contribution in [2.75, 3.05) is 0 Å². The van der Waals surface area contributed by atoms with Crippen molar-refractivity contribution in [2.24, 2.45) is 5.73 Å². The number of carbonyl (C=O) groups excluding carboxylic acids is 1. The Hall–Kier alpha value is -2.23. The zero-order chi connectivity index (χ0) is 11.3. The van der Waals surface area contributed by atoms with Crippen LogP contribution in [0.5, 0.6) is 0 Å². The Kier molecular flexibility index (Phi) is 3.51. The lowest BCUT2D eigenvalue weighted by atomic mass is 10.2. The van der Waals surface area contributed by atoms with Crippen LogP contribution >= 0.6 is 0 Å². The summed E-state index contributed by atoms with van der Waals surface area (Å²) < 4.78 is 0. The van der Waals surface area contributed by atoms with Gasteiger partial charge in [0.05, 0.1) is 0 Å². The van der Waals surface area contributed by atoms with Crippen LogP contribution in [0.4, 0.5) is 0 Å². The number of rotatable bonds is 4. The summed E-state index contributed by atoms with van der Waals surface area (Å²) in [7, 11) is 0. The maximum Gasteiger partial charge on any atom is 0.267 e. The van der Waals surface area contributed by atoms with Crippen LogP contribution in [0.25, 0.3) is 5.57 Å². The quantitative estimate of drug-likeness (QED) is 0.747.